The van der Waals surface area contributed by atoms with E-state index < -0.39 is 0 Å². The van der Waals surface area contributed by atoms with Crippen LogP contribution in [0.5, 0.6) is 11.5 Å². The number of para-hydroxylation sites is 2. The Labute approximate surface area is 231 Å². The highest BCUT2D eigenvalue weighted by molar-refractivity contribution is 7.99. The van der Waals surface area contributed by atoms with Gasteiger partial charge in [-0.2, -0.15) is 0 Å². The fraction of sp³-hybridized carbons (Fsp3) is 0. The molecule has 38 heavy (non-hydrogen) atoms. The third-order valence-electron chi connectivity index (χ3n) is 6.75. The maximum absolute atomic E-state index is 6.66. The predicted octanol–water partition coefficient (Wildman–Crippen LogP) is 10.9. The van der Waals surface area contributed by atoms with Crippen LogP contribution in [0.2, 0.25) is 5.02 Å². The molecule has 4 heteroatoms. The van der Waals surface area contributed by atoms with E-state index >= 15 is 0 Å². The molecule has 1 heterocycles. The number of nitrogens with zero attached hydrogens (tertiary/aromatic N) is 1. The Balaban J connectivity index is 1.31. The first-order valence-corrected chi connectivity index (χ1v) is 13.7. The molecule has 1 aliphatic heterocycles. The first-order valence-electron chi connectivity index (χ1n) is 12.5. The SMILES string of the molecule is Clc1cc2c(c(-c3ccc(N(c4ccccc4)c4ccccc4)cc3)c1)Oc1c(ccc3ccccc13)S2. The second kappa shape index (κ2) is 9.60. The lowest BCUT2D eigenvalue weighted by atomic mass is 10.0. The van der Waals surface area contributed by atoms with E-state index in [2.05, 4.69) is 114 Å². The van der Waals surface area contributed by atoms with Gasteiger partial charge in [0, 0.05) is 33.0 Å². The van der Waals surface area contributed by atoms with Crippen LogP contribution in [0.1, 0.15) is 0 Å². The number of benzene rings is 6. The van der Waals surface area contributed by atoms with Crippen LogP contribution >= 0.6 is 23.4 Å². The standard InChI is InChI=1S/C34H22ClNOS/c35-25-21-30(34-32(22-25)38-31-20-17-23-9-7-8-14-29(23)33(31)37-34)24-15-18-28(19-16-24)36(26-10-3-1-4-11-26)27-12-5-2-6-13-27/h1-22H. The smallest absolute Gasteiger partial charge is 0.149 e. The third-order valence-corrected chi connectivity index (χ3v) is 8.04. The summed E-state index contributed by atoms with van der Waals surface area (Å²) in [5.74, 6) is 1.75. The van der Waals surface area contributed by atoms with E-state index in [1.807, 2.05) is 24.3 Å². The molecule has 0 aliphatic carbocycles. The Morgan fingerprint density at radius 1 is 0.553 bits per heavy atom. The van der Waals surface area contributed by atoms with E-state index in [0.29, 0.717) is 5.02 Å². The predicted molar refractivity (Wildman–Crippen MR) is 160 cm³/mol. The summed E-state index contributed by atoms with van der Waals surface area (Å²) in [6.07, 6.45) is 0. The van der Waals surface area contributed by atoms with Crippen LogP contribution in [-0.2, 0) is 0 Å². The van der Waals surface area contributed by atoms with E-state index in [-0.39, 0.29) is 0 Å². The van der Waals surface area contributed by atoms with Crippen molar-refractivity contribution in [2.75, 3.05) is 4.90 Å². The third kappa shape index (κ3) is 4.10. The van der Waals surface area contributed by atoms with Crippen molar-refractivity contribution in [2.24, 2.45) is 0 Å². The van der Waals surface area contributed by atoms with Gasteiger partial charge in [-0.3, -0.25) is 0 Å². The number of anilines is 3. The molecule has 6 aromatic rings. The van der Waals surface area contributed by atoms with Crippen molar-refractivity contribution in [2.45, 2.75) is 9.79 Å². The Kier molecular flexibility index (Phi) is 5.81. The lowest BCUT2D eigenvalue weighted by Gasteiger charge is -2.26. The number of rotatable bonds is 4. The molecule has 0 atom stereocenters. The van der Waals surface area contributed by atoms with Gasteiger partial charge in [0.2, 0.25) is 0 Å². The zero-order valence-electron chi connectivity index (χ0n) is 20.3. The molecule has 0 N–H and O–H groups in total. The highest BCUT2D eigenvalue weighted by Gasteiger charge is 2.24. The molecule has 0 unspecified atom stereocenters. The Hall–Kier alpha value is -4.18. The summed E-state index contributed by atoms with van der Waals surface area (Å²) in [6, 6.07) is 46.0. The van der Waals surface area contributed by atoms with E-state index in [9.17, 15) is 0 Å². The largest absolute Gasteiger partial charge is 0.454 e. The second-order valence-corrected chi connectivity index (χ2v) is 10.7. The highest BCUT2D eigenvalue weighted by Crippen LogP contribution is 2.54. The molecule has 1 aliphatic rings. The molecular formula is C34H22ClNOS. The van der Waals surface area contributed by atoms with Crippen molar-refractivity contribution < 1.29 is 4.74 Å². The van der Waals surface area contributed by atoms with Gasteiger partial charge in [-0.1, -0.05) is 102 Å². The summed E-state index contributed by atoms with van der Waals surface area (Å²) in [5, 5.41) is 2.97. The van der Waals surface area contributed by atoms with Crippen molar-refractivity contribution in [3.63, 3.8) is 0 Å². The van der Waals surface area contributed by atoms with Crippen LogP contribution in [0, 0.1) is 0 Å². The van der Waals surface area contributed by atoms with Crippen molar-refractivity contribution in [1.82, 2.24) is 0 Å². The molecule has 0 radical (unpaired) electrons. The highest BCUT2D eigenvalue weighted by atomic mass is 35.5. The number of fused-ring (bicyclic) bond motifs is 4. The summed E-state index contributed by atoms with van der Waals surface area (Å²) >= 11 is 8.32. The minimum absolute atomic E-state index is 0.693. The van der Waals surface area contributed by atoms with Crippen molar-refractivity contribution in [1.29, 1.82) is 0 Å². The molecule has 0 saturated carbocycles. The summed E-state index contributed by atoms with van der Waals surface area (Å²) in [6.45, 7) is 0. The van der Waals surface area contributed by atoms with E-state index in [1.54, 1.807) is 11.8 Å². The maximum Gasteiger partial charge on any atom is 0.149 e. The first-order chi connectivity index (χ1) is 18.7. The Morgan fingerprint density at radius 3 is 1.89 bits per heavy atom. The van der Waals surface area contributed by atoms with Crippen molar-refractivity contribution in [3.05, 3.63) is 138 Å². The topological polar surface area (TPSA) is 12.5 Å². The van der Waals surface area contributed by atoms with Gasteiger partial charge in [0.1, 0.15) is 11.5 Å². The minimum atomic E-state index is 0.693. The maximum atomic E-state index is 6.66. The van der Waals surface area contributed by atoms with E-state index in [0.717, 1.165) is 60.3 Å². The lowest BCUT2D eigenvalue weighted by molar-refractivity contribution is 0.462. The average molecular weight is 528 g/mol. The van der Waals surface area contributed by atoms with Gasteiger partial charge in [-0.15, -0.1) is 0 Å². The molecule has 182 valence electrons. The normalized spacial score (nSPS) is 11.9. The number of halogens is 1. The molecule has 7 rings (SSSR count). The lowest BCUT2D eigenvalue weighted by Crippen LogP contribution is -2.09. The van der Waals surface area contributed by atoms with Gasteiger partial charge in [0.15, 0.2) is 0 Å². The van der Waals surface area contributed by atoms with Crippen LogP contribution < -0.4 is 9.64 Å². The Morgan fingerprint density at radius 2 is 1.18 bits per heavy atom. The summed E-state index contributed by atoms with van der Waals surface area (Å²) in [7, 11) is 0. The van der Waals surface area contributed by atoms with E-state index in [4.69, 9.17) is 16.3 Å². The van der Waals surface area contributed by atoms with Crippen LogP contribution in [0.4, 0.5) is 17.1 Å². The summed E-state index contributed by atoms with van der Waals surface area (Å²) < 4.78 is 6.66. The molecular weight excluding hydrogens is 506 g/mol. The fourth-order valence-electron chi connectivity index (χ4n) is 4.98. The molecule has 0 aromatic heterocycles. The van der Waals surface area contributed by atoms with Crippen LogP contribution in [-0.4, -0.2) is 0 Å². The van der Waals surface area contributed by atoms with E-state index in [1.165, 1.54) is 0 Å². The van der Waals surface area contributed by atoms with Gasteiger partial charge >= 0.3 is 0 Å². The fourth-order valence-corrected chi connectivity index (χ4v) is 6.32. The van der Waals surface area contributed by atoms with Crippen molar-refractivity contribution in [3.8, 4) is 22.6 Å². The quantitative estimate of drug-likeness (QED) is 0.226. The zero-order chi connectivity index (χ0) is 25.5. The van der Waals surface area contributed by atoms with Gasteiger partial charge in [-0.25, -0.2) is 0 Å². The molecule has 6 aromatic carbocycles. The average Bonchev–Trinajstić information content (AvgIpc) is 2.97. The number of hydrogen-bond acceptors (Lipinski definition) is 3. The van der Waals surface area contributed by atoms with Crippen LogP contribution in [0.3, 0.4) is 0 Å². The van der Waals surface area contributed by atoms with Gasteiger partial charge < -0.3 is 9.64 Å². The molecule has 0 amide bonds. The van der Waals surface area contributed by atoms with Crippen molar-refractivity contribution >= 4 is 51.2 Å². The zero-order valence-corrected chi connectivity index (χ0v) is 21.9. The van der Waals surface area contributed by atoms with Gasteiger partial charge in [0.25, 0.3) is 0 Å². The first kappa shape index (κ1) is 23.0. The molecule has 2 nitrogen and oxygen atoms in total. The van der Waals surface area contributed by atoms with Gasteiger partial charge in [0.05, 0.1) is 9.79 Å². The number of hydrogen-bond donors (Lipinski definition) is 0. The summed E-state index contributed by atoms with van der Waals surface area (Å²) in [4.78, 5) is 4.38. The number of ether oxygens (including phenoxy) is 1. The molecule has 0 spiro atoms. The van der Waals surface area contributed by atoms with Crippen LogP contribution in [0.15, 0.2) is 143 Å². The minimum Gasteiger partial charge on any atom is -0.454 e. The molecule has 0 bridgehead atoms. The molecule has 0 saturated heterocycles. The van der Waals surface area contributed by atoms with Gasteiger partial charge in [-0.05, 0) is 65.5 Å². The summed E-state index contributed by atoms with van der Waals surface area (Å²) in [5.41, 5.74) is 5.33. The second-order valence-electron chi connectivity index (χ2n) is 9.15. The Bertz CT molecular complexity index is 1730. The molecule has 0 fully saturated rings. The monoisotopic (exact) mass is 527 g/mol. The van der Waals surface area contributed by atoms with Crippen LogP contribution in [0.25, 0.3) is 21.9 Å².